The quantitative estimate of drug-likeness (QED) is 0.739. The maximum Gasteiger partial charge on any atom is 0.328 e. The third-order valence-corrected chi connectivity index (χ3v) is 2.74. The lowest BCUT2D eigenvalue weighted by Gasteiger charge is -2.19. The SMILES string of the molecule is CCN(CCO)Cc1ccc(F)c(C=CC(=O)O)c1. The standard InChI is InChI=1S/C14H18FNO3/c1-2-16(7-8-17)10-11-3-5-13(15)12(9-11)4-6-14(18)19/h3-6,9,17H,2,7-8,10H2,1H3,(H,18,19). The molecule has 0 bridgehead atoms. The van der Waals surface area contributed by atoms with E-state index in [4.69, 9.17) is 10.2 Å². The van der Waals surface area contributed by atoms with Crippen LogP contribution in [0, 0.1) is 5.82 Å². The number of hydrogen-bond donors (Lipinski definition) is 2. The fourth-order valence-electron chi connectivity index (χ4n) is 1.73. The third kappa shape index (κ3) is 5.19. The van der Waals surface area contributed by atoms with Crippen molar-refractivity contribution in [3.63, 3.8) is 0 Å². The molecule has 0 atom stereocenters. The van der Waals surface area contributed by atoms with Crippen molar-refractivity contribution in [3.8, 4) is 0 Å². The molecule has 0 aliphatic carbocycles. The van der Waals surface area contributed by atoms with Gasteiger partial charge in [0.05, 0.1) is 6.61 Å². The van der Waals surface area contributed by atoms with Crippen LogP contribution in [0.3, 0.4) is 0 Å². The summed E-state index contributed by atoms with van der Waals surface area (Å²) in [4.78, 5) is 12.4. The number of rotatable bonds is 7. The fourth-order valence-corrected chi connectivity index (χ4v) is 1.73. The van der Waals surface area contributed by atoms with Crippen LogP contribution in [0.15, 0.2) is 24.3 Å². The smallest absolute Gasteiger partial charge is 0.328 e. The van der Waals surface area contributed by atoms with Crippen molar-refractivity contribution >= 4 is 12.0 Å². The third-order valence-electron chi connectivity index (χ3n) is 2.74. The number of benzene rings is 1. The molecule has 0 aliphatic rings. The average molecular weight is 267 g/mol. The summed E-state index contributed by atoms with van der Waals surface area (Å²) in [5, 5.41) is 17.5. The molecule has 0 unspecified atom stereocenters. The highest BCUT2D eigenvalue weighted by Gasteiger charge is 2.06. The van der Waals surface area contributed by atoms with Gasteiger partial charge in [0, 0.05) is 24.7 Å². The zero-order chi connectivity index (χ0) is 14.3. The second kappa shape index (κ2) is 7.66. The lowest BCUT2D eigenvalue weighted by atomic mass is 10.1. The van der Waals surface area contributed by atoms with E-state index in [1.54, 1.807) is 12.1 Å². The Labute approximate surface area is 111 Å². The number of carbonyl (C=O) groups is 1. The maximum atomic E-state index is 13.5. The summed E-state index contributed by atoms with van der Waals surface area (Å²) < 4.78 is 13.5. The summed E-state index contributed by atoms with van der Waals surface area (Å²) in [6.07, 6.45) is 2.15. The van der Waals surface area contributed by atoms with E-state index in [1.165, 1.54) is 12.1 Å². The van der Waals surface area contributed by atoms with Gasteiger partial charge in [-0.3, -0.25) is 4.90 Å². The predicted octanol–water partition coefficient (Wildman–Crippen LogP) is 1.74. The molecule has 0 fully saturated rings. The second-order valence-corrected chi connectivity index (χ2v) is 4.12. The molecule has 1 aromatic carbocycles. The van der Waals surface area contributed by atoms with E-state index in [0.717, 1.165) is 18.2 Å². The van der Waals surface area contributed by atoms with Gasteiger partial charge >= 0.3 is 5.97 Å². The Bertz CT molecular complexity index is 460. The van der Waals surface area contributed by atoms with Crippen molar-refractivity contribution in [1.82, 2.24) is 4.90 Å². The Morgan fingerprint density at radius 3 is 2.79 bits per heavy atom. The van der Waals surface area contributed by atoms with Crippen molar-refractivity contribution in [2.75, 3.05) is 19.7 Å². The number of halogens is 1. The Hall–Kier alpha value is -1.72. The zero-order valence-electron chi connectivity index (χ0n) is 10.8. The van der Waals surface area contributed by atoms with E-state index in [9.17, 15) is 9.18 Å². The van der Waals surface area contributed by atoms with Crippen LogP contribution < -0.4 is 0 Å². The van der Waals surface area contributed by atoms with E-state index >= 15 is 0 Å². The Morgan fingerprint density at radius 2 is 2.21 bits per heavy atom. The van der Waals surface area contributed by atoms with Gasteiger partial charge in [-0.25, -0.2) is 9.18 Å². The minimum absolute atomic E-state index is 0.0702. The highest BCUT2D eigenvalue weighted by Crippen LogP contribution is 2.14. The van der Waals surface area contributed by atoms with Crippen LogP contribution in [0.1, 0.15) is 18.1 Å². The molecule has 1 aromatic rings. The molecule has 2 N–H and O–H groups in total. The first-order chi connectivity index (χ1) is 9.06. The van der Waals surface area contributed by atoms with Gasteiger partial charge in [-0.05, 0) is 30.3 Å². The van der Waals surface area contributed by atoms with Crippen LogP contribution in [0.4, 0.5) is 4.39 Å². The van der Waals surface area contributed by atoms with Crippen molar-refractivity contribution in [1.29, 1.82) is 0 Å². The number of aliphatic carboxylic acids is 1. The molecule has 0 aromatic heterocycles. The summed E-state index contributed by atoms with van der Waals surface area (Å²) in [5.41, 5.74) is 1.13. The van der Waals surface area contributed by atoms with Crippen LogP contribution in [0.5, 0.6) is 0 Å². The largest absolute Gasteiger partial charge is 0.478 e. The van der Waals surface area contributed by atoms with Crippen LogP contribution in [-0.2, 0) is 11.3 Å². The molecule has 0 amide bonds. The van der Waals surface area contributed by atoms with Crippen molar-refractivity contribution < 1.29 is 19.4 Å². The van der Waals surface area contributed by atoms with Crippen LogP contribution in [-0.4, -0.2) is 40.8 Å². The minimum Gasteiger partial charge on any atom is -0.478 e. The Kier molecular flexibility index (Phi) is 6.18. The summed E-state index contributed by atoms with van der Waals surface area (Å²) in [5.74, 6) is -1.56. The zero-order valence-corrected chi connectivity index (χ0v) is 10.8. The number of hydrogen-bond acceptors (Lipinski definition) is 3. The molecule has 0 heterocycles. The van der Waals surface area contributed by atoms with Crippen molar-refractivity contribution in [2.24, 2.45) is 0 Å². The minimum atomic E-state index is -1.11. The Balaban J connectivity index is 2.86. The number of carboxylic acid groups (broad SMARTS) is 1. The summed E-state index contributed by atoms with van der Waals surface area (Å²) in [6, 6.07) is 4.60. The van der Waals surface area contributed by atoms with E-state index in [0.29, 0.717) is 13.1 Å². The van der Waals surface area contributed by atoms with E-state index in [2.05, 4.69) is 0 Å². The first-order valence-corrected chi connectivity index (χ1v) is 6.09. The lowest BCUT2D eigenvalue weighted by Crippen LogP contribution is -2.26. The molecular formula is C14H18FNO3. The van der Waals surface area contributed by atoms with Gasteiger partial charge in [0.15, 0.2) is 0 Å². The normalized spacial score (nSPS) is 11.4. The Morgan fingerprint density at radius 1 is 1.47 bits per heavy atom. The molecular weight excluding hydrogens is 249 g/mol. The van der Waals surface area contributed by atoms with Gasteiger partial charge in [0.25, 0.3) is 0 Å². The molecule has 0 spiro atoms. The molecule has 4 nitrogen and oxygen atoms in total. The van der Waals surface area contributed by atoms with Crippen LogP contribution >= 0.6 is 0 Å². The van der Waals surface area contributed by atoms with Gasteiger partial charge in [-0.1, -0.05) is 13.0 Å². The molecule has 0 radical (unpaired) electrons. The molecule has 0 saturated heterocycles. The van der Waals surface area contributed by atoms with Crippen LogP contribution in [0.25, 0.3) is 6.08 Å². The monoisotopic (exact) mass is 267 g/mol. The second-order valence-electron chi connectivity index (χ2n) is 4.12. The average Bonchev–Trinajstić information content (AvgIpc) is 2.38. The van der Waals surface area contributed by atoms with Gasteiger partial charge in [0.1, 0.15) is 5.82 Å². The highest BCUT2D eigenvalue weighted by molar-refractivity contribution is 5.85. The number of likely N-dealkylation sites (N-methyl/N-ethyl adjacent to an activating group) is 1. The topological polar surface area (TPSA) is 60.8 Å². The fraction of sp³-hybridized carbons (Fsp3) is 0.357. The molecule has 1 rings (SSSR count). The van der Waals surface area contributed by atoms with Gasteiger partial charge < -0.3 is 10.2 Å². The number of aliphatic hydroxyl groups is 1. The van der Waals surface area contributed by atoms with E-state index < -0.39 is 11.8 Å². The first-order valence-electron chi connectivity index (χ1n) is 6.09. The summed E-state index contributed by atoms with van der Waals surface area (Å²) >= 11 is 0. The van der Waals surface area contributed by atoms with Crippen molar-refractivity contribution in [2.45, 2.75) is 13.5 Å². The predicted molar refractivity (Wildman–Crippen MR) is 71.1 cm³/mol. The number of nitrogens with zero attached hydrogens (tertiary/aromatic N) is 1. The van der Waals surface area contributed by atoms with E-state index in [-0.39, 0.29) is 12.2 Å². The first kappa shape index (κ1) is 15.3. The lowest BCUT2D eigenvalue weighted by molar-refractivity contribution is -0.131. The van der Waals surface area contributed by atoms with Gasteiger partial charge in [0.2, 0.25) is 0 Å². The molecule has 104 valence electrons. The molecule has 19 heavy (non-hydrogen) atoms. The van der Waals surface area contributed by atoms with E-state index in [1.807, 2.05) is 11.8 Å². The number of carboxylic acids is 1. The van der Waals surface area contributed by atoms with Gasteiger partial charge in [-0.2, -0.15) is 0 Å². The van der Waals surface area contributed by atoms with Gasteiger partial charge in [-0.15, -0.1) is 0 Å². The molecule has 0 aliphatic heterocycles. The molecule has 0 saturated carbocycles. The van der Waals surface area contributed by atoms with Crippen LogP contribution in [0.2, 0.25) is 0 Å². The highest BCUT2D eigenvalue weighted by atomic mass is 19.1. The molecule has 5 heteroatoms. The van der Waals surface area contributed by atoms with Crippen molar-refractivity contribution in [3.05, 3.63) is 41.2 Å². The summed E-state index contributed by atoms with van der Waals surface area (Å²) in [7, 11) is 0. The number of aliphatic hydroxyl groups excluding tert-OH is 1. The summed E-state index contributed by atoms with van der Waals surface area (Å²) in [6.45, 7) is 3.96. The maximum absolute atomic E-state index is 13.5.